The summed E-state index contributed by atoms with van der Waals surface area (Å²) in [5, 5.41) is 0.648. The van der Waals surface area contributed by atoms with E-state index in [-0.39, 0.29) is 5.43 Å². The third-order valence-corrected chi connectivity index (χ3v) is 3.16. The van der Waals surface area contributed by atoms with Gasteiger partial charge in [0.15, 0.2) is 5.43 Å². The minimum Gasteiger partial charge on any atom is -0.465 e. The average molecular weight is 260 g/mol. The van der Waals surface area contributed by atoms with Crippen LogP contribution in [0.2, 0.25) is 0 Å². The molecule has 0 fully saturated rings. The molecule has 0 atom stereocenters. The molecule has 0 aliphatic rings. The maximum atomic E-state index is 12.5. The Morgan fingerprint density at radius 2 is 2.05 bits per heavy atom. The van der Waals surface area contributed by atoms with Crippen molar-refractivity contribution in [3.05, 3.63) is 39.5 Å². The molecule has 0 bridgehead atoms. The summed E-state index contributed by atoms with van der Waals surface area (Å²) in [6.45, 7) is 6.47. The molecule has 19 heavy (non-hydrogen) atoms. The molecule has 3 nitrogen and oxygen atoms in total. The van der Waals surface area contributed by atoms with Crippen LogP contribution in [-0.2, 0) is 6.42 Å². The van der Waals surface area contributed by atoms with Gasteiger partial charge in [-0.05, 0) is 38.8 Å². The highest BCUT2D eigenvalue weighted by molar-refractivity contribution is 5.78. The van der Waals surface area contributed by atoms with E-state index in [1.807, 2.05) is 32.0 Å². The van der Waals surface area contributed by atoms with Gasteiger partial charge in [-0.2, -0.15) is 0 Å². The molecule has 0 radical (unpaired) electrons. The largest absolute Gasteiger partial charge is 0.465 e. The van der Waals surface area contributed by atoms with Gasteiger partial charge < -0.3 is 9.15 Å². The molecule has 0 aliphatic heterocycles. The zero-order chi connectivity index (χ0) is 13.8. The summed E-state index contributed by atoms with van der Waals surface area (Å²) in [6, 6.07) is 5.65. The topological polar surface area (TPSA) is 39.4 Å². The van der Waals surface area contributed by atoms with Crippen LogP contribution < -0.4 is 10.2 Å². The summed E-state index contributed by atoms with van der Waals surface area (Å²) in [5.41, 5.74) is 2.37. The van der Waals surface area contributed by atoms with Crippen molar-refractivity contribution in [3.8, 4) is 5.95 Å². The highest BCUT2D eigenvalue weighted by Crippen LogP contribution is 2.24. The van der Waals surface area contributed by atoms with Gasteiger partial charge in [0.25, 0.3) is 5.95 Å². The van der Waals surface area contributed by atoms with Gasteiger partial charge in [-0.25, -0.2) is 0 Å². The Bertz CT molecular complexity index is 626. The Hall–Kier alpha value is -1.77. The van der Waals surface area contributed by atoms with Crippen molar-refractivity contribution in [2.45, 2.75) is 40.0 Å². The number of rotatable bonds is 5. The highest BCUT2D eigenvalue weighted by Gasteiger charge is 2.15. The summed E-state index contributed by atoms with van der Waals surface area (Å²) in [6.07, 6.45) is 2.71. The second-order valence-electron chi connectivity index (χ2n) is 4.73. The normalized spacial score (nSPS) is 10.9. The summed E-state index contributed by atoms with van der Waals surface area (Å²) in [7, 11) is 0. The fourth-order valence-electron chi connectivity index (χ4n) is 2.14. The second-order valence-corrected chi connectivity index (χ2v) is 4.73. The van der Waals surface area contributed by atoms with Gasteiger partial charge in [0.1, 0.15) is 5.58 Å². The fourth-order valence-corrected chi connectivity index (χ4v) is 2.14. The Morgan fingerprint density at radius 1 is 1.26 bits per heavy atom. The van der Waals surface area contributed by atoms with Crippen molar-refractivity contribution in [2.75, 3.05) is 6.61 Å². The van der Waals surface area contributed by atoms with Crippen LogP contribution in [-0.4, -0.2) is 6.61 Å². The summed E-state index contributed by atoms with van der Waals surface area (Å²) in [4.78, 5) is 12.5. The number of aryl methyl sites for hydroxylation is 1. The van der Waals surface area contributed by atoms with Gasteiger partial charge in [0.05, 0.1) is 17.6 Å². The third-order valence-electron chi connectivity index (χ3n) is 3.16. The Labute approximate surface area is 113 Å². The molecule has 0 spiro atoms. The van der Waals surface area contributed by atoms with Crippen LogP contribution in [0.3, 0.4) is 0 Å². The van der Waals surface area contributed by atoms with Crippen molar-refractivity contribution in [1.29, 1.82) is 0 Å². The average Bonchev–Trinajstić information content (AvgIpc) is 2.40. The van der Waals surface area contributed by atoms with E-state index in [4.69, 9.17) is 9.15 Å². The standard InChI is InChI=1S/C16H20O3/c1-4-6-7-12-15(17)13-10-11(3)8-9-14(13)19-16(12)18-5-2/h8-10H,4-7H2,1-3H3. The van der Waals surface area contributed by atoms with Gasteiger partial charge in [-0.1, -0.05) is 25.0 Å². The number of unbranched alkanes of at least 4 members (excludes halogenated alkanes) is 1. The van der Waals surface area contributed by atoms with E-state index < -0.39 is 0 Å². The molecule has 0 unspecified atom stereocenters. The minimum atomic E-state index is 0.0434. The van der Waals surface area contributed by atoms with Crippen molar-refractivity contribution in [3.63, 3.8) is 0 Å². The molecule has 1 heterocycles. The molecule has 3 heteroatoms. The second kappa shape index (κ2) is 5.91. The van der Waals surface area contributed by atoms with Crippen LogP contribution in [0.5, 0.6) is 5.95 Å². The van der Waals surface area contributed by atoms with Gasteiger partial charge >= 0.3 is 0 Å². The summed E-state index contributed by atoms with van der Waals surface area (Å²) < 4.78 is 11.2. The van der Waals surface area contributed by atoms with Gasteiger partial charge in [-0.3, -0.25) is 4.79 Å². The first-order valence-corrected chi connectivity index (χ1v) is 6.86. The Kier molecular flexibility index (Phi) is 4.25. The predicted octanol–water partition coefficient (Wildman–Crippen LogP) is 3.84. The van der Waals surface area contributed by atoms with Crippen molar-refractivity contribution in [1.82, 2.24) is 0 Å². The summed E-state index contributed by atoms with van der Waals surface area (Å²) >= 11 is 0. The molecule has 0 aliphatic carbocycles. The van der Waals surface area contributed by atoms with Crippen LogP contribution in [0.25, 0.3) is 11.0 Å². The molecule has 0 amide bonds. The first kappa shape index (κ1) is 13.7. The lowest BCUT2D eigenvalue weighted by atomic mass is 10.1. The van der Waals surface area contributed by atoms with E-state index in [0.29, 0.717) is 35.5 Å². The van der Waals surface area contributed by atoms with Crippen molar-refractivity contribution >= 4 is 11.0 Å². The lowest BCUT2D eigenvalue weighted by molar-refractivity contribution is 0.256. The maximum Gasteiger partial charge on any atom is 0.292 e. The van der Waals surface area contributed by atoms with Crippen LogP contribution in [0, 0.1) is 6.92 Å². The molecule has 1 aromatic carbocycles. The minimum absolute atomic E-state index is 0.0434. The lowest BCUT2D eigenvalue weighted by Crippen LogP contribution is -2.12. The number of benzene rings is 1. The first-order chi connectivity index (χ1) is 9.17. The Morgan fingerprint density at radius 3 is 2.74 bits per heavy atom. The SMILES string of the molecule is CCCCc1c(OCC)oc2ccc(C)cc2c1=O. The molecular formula is C16H20O3. The number of hydrogen-bond acceptors (Lipinski definition) is 3. The fraction of sp³-hybridized carbons (Fsp3) is 0.438. The van der Waals surface area contributed by atoms with Crippen LogP contribution >= 0.6 is 0 Å². The molecule has 1 aromatic heterocycles. The van der Waals surface area contributed by atoms with E-state index in [1.165, 1.54) is 0 Å². The monoisotopic (exact) mass is 260 g/mol. The zero-order valence-electron chi connectivity index (χ0n) is 11.8. The number of fused-ring (bicyclic) bond motifs is 1. The van der Waals surface area contributed by atoms with Crippen molar-refractivity contribution < 1.29 is 9.15 Å². The molecule has 0 saturated heterocycles. The first-order valence-electron chi connectivity index (χ1n) is 6.86. The predicted molar refractivity (Wildman–Crippen MR) is 77.0 cm³/mol. The quantitative estimate of drug-likeness (QED) is 0.819. The number of ether oxygens (including phenoxy) is 1. The molecule has 0 saturated carbocycles. The molecule has 102 valence electrons. The molecule has 0 N–H and O–H groups in total. The van der Waals surface area contributed by atoms with E-state index in [2.05, 4.69) is 6.92 Å². The van der Waals surface area contributed by atoms with Gasteiger partial charge in [0.2, 0.25) is 0 Å². The maximum absolute atomic E-state index is 12.5. The summed E-state index contributed by atoms with van der Waals surface area (Å²) in [5.74, 6) is 0.386. The number of hydrogen-bond donors (Lipinski definition) is 0. The van der Waals surface area contributed by atoms with Crippen LogP contribution in [0.15, 0.2) is 27.4 Å². The highest BCUT2D eigenvalue weighted by atomic mass is 16.6. The molecular weight excluding hydrogens is 240 g/mol. The third kappa shape index (κ3) is 2.80. The van der Waals surface area contributed by atoms with Crippen LogP contribution in [0.4, 0.5) is 0 Å². The zero-order valence-corrected chi connectivity index (χ0v) is 11.8. The van der Waals surface area contributed by atoms with Gasteiger partial charge in [-0.15, -0.1) is 0 Å². The lowest BCUT2D eigenvalue weighted by Gasteiger charge is -2.09. The Balaban J connectivity index is 2.63. The van der Waals surface area contributed by atoms with E-state index in [0.717, 1.165) is 18.4 Å². The molecule has 2 aromatic rings. The van der Waals surface area contributed by atoms with Crippen molar-refractivity contribution in [2.24, 2.45) is 0 Å². The van der Waals surface area contributed by atoms with E-state index in [1.54, 1.807) is 0 Å². The molecule has 2 rings (SSSR count). The van der Waals surface area contributed by atoms with E-state index >= 15 is 0 Å². The van der Waals surface area contributed by atoms with E-state index in [9.17, 15) is 4.79 Å². The van der Waals surface area contributed by atoms with Crippen LogP contribution in [0.1, 0.15) is 37.8 Å². The van der Waals surface area contributed by atoms with Gasteiger partial charge in [0, 0.05) is 0 Å². The smallest absolute Gasteiger partial charge is 0.292 e.